The minimum absolute atomic E-state index is 0.00299. The Bertz CT molecular complexity index is 1220. The van der Waals surface area contributed by atoms with Gasteiger partial charge in [0.2, 0.25) is 20.0 Å². The van der Waals surface area contributed by atoms with Crippen LogP contribution in [0.3, 0.4) is 0 Å². The molecule has 0 spiro atoms. The Morgan fingerprint density at radius 3 is 2.09 bits per heavy atom. The minimum atomic E-state index is -3.78. The highest BCUT2D eigenvalue weighted by atomic mass is 32.2. The number of morpholine rings is 1. The zero-order valence-electron chi connectivity index (χ0n) is 17.8. The van der Waals surface area contributed by atoms with Gasteiger partial charge in [0.15, 0.2) is 0 Å². The van der Waals surface area contributed by atoms with Crippen molar-refractivity contribution in [3.8, 4) is 0 Å². The SMILES string of the molecule is CCNS(=O)(=O)c1ccc(C(=O)NNC(=O)c2cccc(S(=O)(=O)N3CCOCC3)c2)cc1. The van der Waals surface area contributed by atoms with Crippen LogP contribution in [0.1, 0.15) is 27.6 Å². The Morgan fingerprint density at radius 2 is 1.48 bits per heavy atom. The van der Waals surface area contributed by atoms with Gasteiger partial charge in [-0.15, -0.1) is 0 Å². The molecule has 11 nitrogen and oxygen atoms in total. The Balaban J connectivity index is 1.65. The molecule has 33 heavy (non-hydrogen) atoms. The van der Waals surface area contributed by atoms with E-state index in [-0.39, 0.29) is 40.6 Å². The van der Waals surface area contributed by atoms with Crippen LogP contribution in [0.4, 0.5) is 0 Å². The summed E-state index contributed by atoms with van der Waals surface area (Å²) >= 11 is 0. The number of sulfonamides is 2. The van der Waals surface area contributed by atoms with Gasteiger partial charge in [-0.05, 0) is 42.5 Å². The molecule has 1 aliphatic heterocycles. The van der Waals surface area contributed by atoms with Crippen LogP contribution in [0.2, 0.25) is 0 Å². The molecule has 1 saturated heterocycles. The van der Waals surface area contributed by atoms with Gasteiger partial charge in [-0.2, -0.15) is 4.31 Å². The molecule has 3 rings (SSSR count). The number of amides is 2. The van der Waals surface area contributed by atoms with Gasteiger partial charge in [0, 0.05) is 30.8 Å². The largest absolute Gasteiger partial charge is 0.379 e. The molecule has 0 saturated carbocycles. The van der Waals surface area contributed by atoms with Gasteiger partial charge < -0.3 is 4.74 Å². The molecule has 13 heteroatoms. The first-order chi connectivity index (χ1) is 15.6. The van der Waals surface area contributed by atoms with Gasteiger partial charge in [-0.25, -0.2) is 21.6 Å². The molecule has 0 unspecified atom stereocenters. The first kappa shape index (κ1) is 24.8. The van der Waals surface area contributed by atoms with Crippen LogP contribution in [-0.4, -0.2) is 65.8 Å². The van der Waals surface area contributed by atoms with Crippen LogP contribution < -0.4 is 15.6 Å². The Morgan fingerprint density at radius 1 is 0.879 bits per heavy atom. The number of rotatable bonds is 7. The van der Waals surface area contributed by atoms with Crippen LogP contribution >= 0.6 is 0 Å². The number of carbonyl (C=O) groups is 2. The lowest BCUT2D eigenvalue weighted by Crippen LogP contribution is -2.42. The van der Waals surface area contributed by atoms with Gasteiger partial charge in [0.05, 0.1) is 23.0 Å². The molecule has 3 N–H and O–H groups in total. The van der Waals surface area contributed by atoms with E-state index in [1.54, 1.807) is 6.92 Å². The molecule has 0 radical (unpaired) electrons. The molecule has 2 aromatic carbocycles. The van der Waals surface area contributed by atoms with Crippen molar-refractivity contribution in [2.75, 3.05) is 32.8 Å². The molecule has 2 aromatic rings. The summed E-state index contributed by atoms with van der Waals surface area (Å²) in [5, 5.41) is 0. The lowest BCUT2D eigenvalue weighted by molar-refractivity contribution is 0.0730. The normalized spacial score (nSPS) is 15.1. The van der Waals surface area contributed by atoms with Gasteiger partial charge in [0.1, 0.15) is 0 Å². The second-order valence-corrected chi connectivity index (χ2v) is 10.7. The summed E-state index contributed by atoms with van der Waals surface area (Å²) in [5.74, 6) is -1.39. The Labute approximate surface area is 192 Å². The highest BCUT2D eigenvalue weighted by Gasteiger charge is 2.27. The number of ether oxygens (including phenoxy) is 1. The molecule has 0 atom stereocenters. The van der Waals surface area contributed by atoms with Crippen LogP contribution in [-0.2, 0) is 24.8 Å². The number of benzene rings is 2. The third-order valence-corrected chi connectivity index (χ3v) is 8.21. The quantitative estimate of drug-likeness (QED) is 0.459. The van der Waals surface area contributed by atoms with Crippen LogP contribution in [0, 0.1) is 0 Å². The molecular formula is C20H24N4O7S2. The van der Waals surface area contributed by atoms with Crippen molar-refractivity contribution in [2.24, 2.45) is 0 Å². The van der Waals surface area contributed by atoms with Gasteiger partial charge >= 0.3 is 0 Å². The number of carbonyl (C=O) groups excluding carboxylic acids is 2. The number of hydrogen-bond acceptors (Lipinski definition) is 7. The number of hydrogen-bond donors (Lipinski definition) is 3. The average molecular weight is 497 g/mol. The van der Waals surface area contributed by atoms with Crippen molar-refractivity contribution in [2.45, 2.75) is 16.7 Å². The van der Waals surface area contributed by atoms with Crippen LogP contribution in [0.25, 0.3) is 0 Å². The topological polar surface area (TPSA) is 151 Å². The summed E-state index contributed by atoms with van der Waals surface area (Å²) in [6, 6.07) is 10.6. The van der Waals surface area contributed by atoms with E-state index in [2.05, 4.69) is 15.6 Å². The predicted octanol–water partition coefficient (Wildman–Crippen LogP) is 0.0805. The van der Waals surface area contributed by atoms with E-state index in [4.69, 9.17) is 4.74 Å². The maximum atomic E-state index is 12.8. The lowest BCUT2D eigenvalue weighted by atomic mass is 10.2. The maximum absolute atomic E-state index is 12.8. The fourth-order valence-electron chi connectivity index (χ4n) is 3.05. The molecule has 178 valence electrons. The van der Waals surface area contributed by atoms with E-state index in [0.717, 1.165) is 0 Å². The molecule has 0 aliphatic carbocycles. The number of hydrazine groups is 1. The predicted molar refractivity (Wildman–Crippen MR) is 118 cm³/mol. The first-order valence-corrected chi connectivity index (χ1v) is 13.0. The molecule has 0 aromatic heterocycles. The van der Waals surface area contributed by atoms with Gasteiger partial charge in [0.25, 0.3) is 11.8 Å². The van der Waals surface area contributed by atoms with Crippen LogP contribution in [0.15, 0.2) is 58.3 Å². The van der Waals surface area contributed by atoms with E-state index in [0.29, 0.717) is 13.2 Å². The van der Waals surface area contributed by atoms with Crippen molar-refractivity contribution in [3.05, 3.63) is 59.7 Å². The molecular weight excluding hydrogens is 472 g/mol. The first-order valence-electron chi connectivity index (χ1n) is 10.0. The lowest BCUT2D eigenvalue weighted by Gasteiger charge is -2.26. The zero-order valence-corrected chi connectivity index (χ0v) is 19.4. The monoisotopic (exact) mass is 496 g/mol. The van der Waals surface area contributed by atoms with Crippen molar-refractivity contribution in [1.29, 1.82) is 0 Å². The van der Waals surface area contributed by atoms with Crippen molar-refractivity contribution in [1.82, 2.24) is 19.9 Å². The highest BCUT2D eigenvalue weighted by Crippen LogP contribution is 2.18. The summed E-state index contributed by atoms with van der Waals surface area (Å²) in [6.45, 7) is 2.93. The van der Waals surface area contributed by atoms with Crippen LogP contribution in [0.5, 0.6) is 0 Å². The Kier molecular flexibility index (Phi) is 7.81. The smallest absolute Gasteiger partial charge is 0.269 e. The second kappa shape index (κ2) is 10.4. The van der Waals surface area contributed by atoms with Crippen molar-refractivity contribution < 1.29 is 31.2 Å². The van der Waals surface area contributed by atoms with E-state index >= 15 is 0 Å². The summed E-state index contributed by atoms with van der Waals surface area (Å²) in [4.78, 5) is 24.7. The molecule has 0 bridgehead atoms. The third-order valence-electron chi connectivity index (χ3n) is 4.75. The third kappa shape index (κ3) is 5.94. The summed E-state index contributed by atoms with van der Waals surface area (Å²) < 4.78 is 58.3. The van der Waals surface area contributed by atoms with Crippen molar-refractivity contribution in [3.63, 3.8) is 0 Å². The van der Waals surface area contributed by atoms with E-state index in [1.807, 2.05) is 0 Å². The fourth-order valence-corrected chi connectivity index (χ4v) is 5.55. The maximum Gasteiger partial charge on any atom is 0.269 e. The number of nitrogens with zero attached hydrogens (tertiary/aromatic N) is 1. The van der Waals surface area contributed by atoms with Crippen molar-refractivity contribution >= 4 is 31.9 Å². The van der Waals surface area contributed by atoms with Gasteiger partial charge in [-0.3, -0.25) is 20.4 Å². The minimum Gasteiger partial charge on any atom is -0.379 e. The van der Waals surface area contributed by atoms with E-state index in [1.165, 1.54) is 52.8 Å². The molecule has 1 aliphatic rings. The number of nitrogens with one attached hydrogen (secondary N) is 3. The van der Waals surface area contributed by atoms with Gasteiger partial charge in [-0.1, -0.05) is 13.0 Å². The zero-order chi connectivity index (χ0) is 24.1. The van der Waals surface area contributed by atoms with E-state index < -0.39 is 31.9 Å². The summed E-state index contributed by atoms with van der Waals surface area (Å²) in [6.07, 6.45) is 0. The summed E-state index contributed by atoms with van der Waals surface area (Å²) in [5.41, 5.74) is 4.60. The Hall–Kier alpha value is -2.84. The summed E-state index contributed by atoms with van der Waals surface area (Å²) in [7, 11) is -7.43. The average Bonchev–Trinajstić information content (AvgIpc) is 2.83. The highest BCUT2D eigenvalue weighted by molar-refractivity contribution is 7.89. The standard InChI is InChI=1S/C20H24N4O7S2/c1-2-21-32(27,28)17-8-6-15(7-9-17)19(25)22-23-20(26)16-4-3-5-18(14-16)33(29,30)24-10-12-31-13-11-24/h3-9,14,21H,2,10-13H2,1H3,(H,22,25)(H,23,26). The fraction of sp³-hybridized carbons (Fsp3) is 0.300. The molecule has 1 fully saturated rings. The van der Waals surface area contributed by atoms with E-state index in [9.17, 15) is 26.4 Å². The molecule has 1 heterocycles. The molecule has 2 amide bonds. The second-order valence-electron chi connectivity index (χ2n) is 6.98.